The van der Waals surface area contributed by atoms with Crippen LogP contribution in [0.2, 0.25) is 0 Å². The normalized spacial score (nSPS) is 11.0. The van der Waals surface area contributed by atoms with Gasteiger partial charge in [0.05, 0.1) is 17.2 Å². The zero-order chi connectivity index (χ0) is 21.3. The molecule has 9 heteroatoms. The molecule has 2 amide bonds. The Morgan fingerprint density at radius 3 is 2.73 bits per heavy atom. The summed E-state index contributed by atoms with van der Waals surface area (Å²) in [7, 11) is 0. The maximum Gasteiger partial charge on any atom is 0.288 e. The fourth-order valence-corrected chi connectivity index (χ4v) is 4.08. The Hall–Kier alpha value is -3.59. The summed E-state index contributed by atoms with van der Waals surface area (Å²) in [5.41, 5.74) is 6.35. The van der Waals surface area contributed by atoms with Gasteiger partial charge in [0.15, 0.2) is 0 Å². The van der Waals surface area contributed by atoms with Gasteiger partial charge in [-0.1, -0.05) is 24.3 Å². The molecule has 3 heterocycles. The minimum Gasteiger partial charge on any atom is -0.298 e. The van der Waals surface area contributed by atoms with Gasteiger partial charge in [0.1, 0.15) is 10.5 Å². The van der Waals surface area contributed by atoms with Crippen LogP contribution in [0.4, 0.5) is 0 Å². The highest BCUT2D eigenvalue weighted by atomic mass is 32.1. The second-order valence-corrected chi connectivity index (χ2v) is 8.05. The molecular formula is C21H19N5O3S. The van der Waals surface area contributed by atoms with Gasteiger partial charge in [0, 0.05) is 23.2 Å². The van der Waals surface area contributed by atoms with E-state index in [-0.39, 0.29) is 24.2 Å². The molecule has 0 fully saturated rings. The van der Waals surface area contributed by atoms with Crippen molar-refractivity contribution in [2.24, 2.45) is 0 Å². The van der Waals surface area contributed by atoms with Crippen molar-refractivity contribution in [3.63, 3.8) is 0 Å². The zero-order valence-electron chi connectivity index (χ0n) is 16.4. The Labute approximate surface area is 175 Å². The molecule has 0 unspecified atom stereocenters. The molecule has 0 aliphatic carbocycles. The van der Waals surface area contributed by atoms with E-state index in [1.54, 1.807) is 12.1 Å². The number of nitrogens with one attached hydrogen (secondary N) is 2. The maximum absolute atomic E-state index is 12.7. The van der Waals surface area contributed by atoms with Gasteiger partial charge >= 0.3 is 0 Å². The molecule has 0 aliphatic rings. The summed E-state index contributed by atoms with van der Waals surface area (Å²) in [6.07, 6.45) is 1.46. The number of hydrogen-bond donors (Lipinski definition) is 2. The molecule has 1 aromatic carbocycles. The van der Waals surface area contributed by atoms with Gasteiger partial charge in [-0.2, -0.15) is 0 Å². The molecule has 0 atom stereocenters. The number of aromatic nitrogens is 3. The standard InChI is InChI=1S/C21H19N5O3S/c1-12-13(2)30-20-18(12)21(29)26(11-22-20)10-9-17(27)24-25-19(28)16-8-7-14-5-3-4-6-15(14)23-16/h3-8,11H,9-10H2,1-2H3,(H,24,27)(H,25,28). The molecule has 0 saturated carbocycles. The molecule has 0 spiro atoms. The second-order valence-electron chi connectivity index (χ2n) is 6.85. The molecule has 0 radical (unpaired) electrons. The number of pyridine rings is 1. The zero-order valence-corrected chi connectivity index (χ0v) is 17.2. The number of nitrogens with zero attached hydrogens (tertiary/aromatic N) is 3. The van der Waals surface area contributed by atoms with Gasteiger partial charge < -0.3 is 0 Å². The molecule has 0 aliphatic heterocycles. The Morgan fingerprint density at radius 1 is 1.10 bits per heavy atom. The van der Waals surface area contributed by atoms with Crippen LogP contribution in [0.3, 0.4) is 0 Å². The van der Waals surface area contributed by atoms with Crippen LogP contribution >= 0.6 is 11.3 Å². The maximum atomic E-state index is 12.7. The van der Waals surface area contributed by atoms with Crippen LogP contribution in [0.5, 0.6) is 0 Å². The molecule has 8 nitrogen and oxygen atoms in total. The number of amides is 2. The number of carbonyl (C=O) groups is 2. The smallest absolute Gasteiger partial charge is 0.288 e. The lowest BCUT2D eigenvalue weighted by Crippen LogP contribution is -2.42. The molecule has 0 saturated heterocycles. The minimum absolute atomic E-state index is 0.0146. The number of benzene rings is 1. The number of thiophene rings is 1. The first-order chi connectivity index (χ1) is 14.4. The van der Waals surface area contributed by atoms with Crippen LogP contribution in [-0.2, 0) is 11.3 Å². The summed E-state index contributed by atoms with van der Waals surface area (Å²) in [6, 6.07) is 10.8. The highest BCUT2D eigenvalue weighted by Crippen LogP contribution is 2.25. The lowest BCUT2D eigenvalue weighted by Gasteiger charge is -2.09. The lowest BCUT2D eigenvalue weighted by atomic mass is 10.2. The van der Waals surface area contributed by atoms with Crippen molar-refractivity contribution < 1.29 is 9.59 Å². The second kappa shape index (κ2) is 8.03. The number of carbonyl (C=O) groups excluding carboxylic acids is 2. The van der Waals surface area contributed by atoms with E-state index in [0.29, 0.717) is 15.7 Å². The monoisotopic (exact) mass is 421 g/mol. The third-order valence-electron chi connectivity index (χ3n) is 4.88. The number of aryl methyl sites for hydroxylation is 3. The first-order valence-corrected chi connectivity index (χ1v) is 10.2. The third-order valence-corrected chi connectivity index (χ3v) is 6.00. The molecular weight excluding hydrogens is 402 g/mol. The average molecular weight is 421 g/mol. The SMILES string of the molecule is Cc1sc2ncn(CCC(=O)NNC(=O)c3ccc4ccccc4n3)c(=O)c2c1C. The first kappa shape index (κ1) is 19.7. The van der Waals surface area contributed by atoms with Gasteiger partial charge in [-0.05, 0) is 31.5 Å². The Balaban J connectivity index is 1.37. The van der Waals surface area contributed by atoms with Crippen LogP contribution in [-0.4, -0.2) is 26.3 Å². The molecule has 2 N–H and O–H groups in total. The van der Waals surface area contributed by atoms with Gasteiger partial charge in [-0.25, -0.2) is 9.97 Å². The fraction of sp³-hybridized carbons (Fsp3) is 0.190. The molecule has 30 heavy (non-hydrogen) atoms. The van der Waals surface area contributed by atoms with Crippen LogP contribution in [0.1, 0.15) is 27.3 Å². The van der Waals surface area contributed by atoms with Crippen LogP contribution in [0.25, 0.3) is 21.1 Å². The molecule has 4 rings (SSSR count). The number of hydrogen-bond acceptors (Lipinski definition) is 6. The lowest BCUT2D eigenvalue weighted by molar-refractivity contribution is -0.122. The molecule has 0 bridgehead atoms. The first-order valence-electron chi connectivity index (χ1n) is 9.34. The van der Waals surface area contributed by atoms with Crippen molar-refractivity contribution in [1.82, 2.24) is 25.4 Å². The average Bonchev–Trinajstić information content (AvgIpc) is 3.05. The van der Waals surface area contributed by atoms with Crippen molar-refractivity contribution in [2.75, 3.05) is 0 Å². The highest BCUT2D eigenvalue weighted by molar-refractivity contribution is 7.18. The summed E-state index contributed by atoms with van der Waals surface area (Å²) >= 11 is 1.48. The van der Waals surface area contributed by atoms with Crippen LogP contribution in [0.15, 0.2) is 47.5 Å². The molecule has 4 aromatic rings. The van der Waals surface area contributed by atoms with E-state index >= 15 is 0 Å². The topological polar surface area (TPSA) is 106 Å². The summed E-state index contributed by atoms with van der Waals surface area (Å²) in [6.45, 7) is 4.00. The third kappa shape index (κ3) is 3.79. The van der Waals surface area contributed by atoms with Gasteiger partial charge in [0.2, 0.25) is 5.91 Å². The largest absolute Gasteiger partial charge is 0.298 e. The highest BCUT2D eigenvalue weighted by Gasteiger charge is 2.13. The quantitative estimate of drug-likeness (QED) is 0.493. The van der Waals surface area contributed by atoms with Crippen LogP contribution < -0.4 is 16.4 Å². The van der Waals surface area contributed by atoms with Crippen LogP contribution in [0, 0.1) is 13.8 Å². The van der Waals surface area contributed by atoms with E-state index < -0.39 is 11.8 Å². The molecule has 3 aromatic heterocycles. The fourth-order valence-electron chi connectivity index (χ4n) is 3.10. The summed E-state index contributed by atoms with van der Waals surface area (Å²) in [4.78, 5) is 47.4. The Morgan fingerprint density at radius 2 is 1.90 bits per heavy atom. The van der Waals surface area contributed by atoms with Crippen molar-refractivity contribution in [3.8, 4) is 0 Å². The summed E-state index contributed by atoms with van der Waals surface area (Å²) < 4.78 is 1.41. The summed E-state index contributed by atoms with van der Waals surface area (Å²) in [5.74, 6) is -0.937. The van der Waals surface area contributed by atoms with Crippen molar-refractivity contribution in [2.45, 2.75) is 26.8 Å². The Kier molecular flexibility index (Phi) is 5.28. The van der Waals surface area contributed by atoms with E-state index in [0.717, 1.165) is 15.8 Å². The van der Waals surface area contributed by atoms with Gasteiger partial charge in [-0.15, -0.1) is 11.3 Å². The predicted molar refractivity (Wildman–Crippen MR) is 115 cm³/mol. The van der Waals surface area contributed by atoms with E-state index in [2.05, 4.69) is 20.8 Å². The van der Waals surface area contributed by atoms with Crippen molar-refractivity contribution in [3.05, 3.63) is 69.2 Å². The Bertz CT molecular complexity index is 1340. The van der Waals surface area contributed by atoms with Crippen molar-refractivity contribution >= 4 is 44.3 Å². The number of hydrazine groups is 1. The number of rotatable bonds is 4. The van der Waals surface area contributed by atoms with Gasteiger partial charge in [-0.3, -0.25) is 29.8 Å². The molecule has 152 valence electrons. The van der Waals surface area contributed by atoms with E-state index in [4.69, 9.17) is 0 Å². The predicted octanol–water partition coefficient (Wildman–Crippen LogP) is 2.47. The van der Waals surface area contributed by atoms with E-state index in [1.165, 1.54) is 22.2 Å². The minimum atomic E-state index is -0.515. The van der Waals surface area contributed by atoms with Crippen molar-refractivity contribution in [1.29, 1.82) is 0 Å². The number of para-hydroxylation sites is 1. The van der Waals surface area contributed by atoms with Gasteiger partial charge in [0.25, 0.3) is 11.5 Å². The summed E-state index contributed by atoms with van der Waals surface area (Å²) in [5, 5.41) is 1.52. The number of fused-ring (bicyclic) bond motifs is 2. The van der Waals surface area contributed by atoms with E-state index in [9.17, 15) is 14.4 Å². The van der Waals surface area contributed by atoms with E-state index in [1.807, 2.05) is 38.1 Å².